The third-order valence-electron chi connectivity index (χ3n) is 1.67. The fourth-order valence-corrected chi connectivity index (χ4v) is 1.55. The molecule has 2 aromatic heterocycles. The number of aryl methyl sites for hydroxylation is 1. The van der Waals surface area contributed by atoms with E-state index in [4.69, 9.17) is 0 Å². The number of hydrogen-bond acceptors (Lipinski definition) is 5. The molecular formula is C7H9N5S. The Morgan fingerprint density at radius 3 is 3.08 bits per heavy atom. The zero-order chi connectivity index (χ0) is 9.10. The van der Waals surface area contributed by atoms with Crippen LogP contribution in [0.5, 0.6) is 0 Å². The largest absolute Gasteiger partial charge is 0.312 e. The van der Waals surface area contributed by atoms with Gasteiger partial charge in [-0.1, -0.05) is 11.4 Å². The topological polar surface area (TPSA) is 56.5 Å². The predicted octanol–water partition coefficient (Wildman–Crippen LogP) is 1.21. The summed E-state index contributed by atoms with van der Waals surface area (Å²) in [6, 6.07) is 0. The van der Waals surface area contributed by atoms with Gasteiger partial charge >= 0.3 is 0 Å². The zero-order valence-corrected chi connectivity index (χ0v) is 8.03. The fraction of sp³-hybridized carbons (Fsp3) is 0.429. The predicted molar refractivity (Wildman–Crippen MR) is 49.2 cm³/mol. The van der Waals surface area contributed by atoms with Gasteiger partial charge in [-0.2, -0.15) is 0 Å². The average Bonchev–Trinajstić information content (AvgIpc) is 2.71. The highest BCUT2D eigenvalue weighted by atomic mass is 32.1. The minimum Gasteiger partial charge on any atom is -0.312 e. The molecule has 0 bridgehead atoms. The monoisotopic (exact) mass is 195 g/mol. The molecule has 0 fully saturated rings. The van der Waals surface area contributed by atoms with Crippen LogP contribution in [-0.2, 0) is 6.54 Å². The van der Waals surface area contributed by atoms with Crippen LogP contribution in [0, 0.1) is 0 Å². The lowest BCUT2D eigenvalue weighted by Crippen LogP contribution is -1.98. The van der Waals surface area contributed by atoms with Crippen molar-refractivity contribution in [2.45, 2.75) is 19.9 Å². The van der Waals surface area contributed by atoms with Crippen LogP contribution in [-0.4, -0.2) is 24.4 Å². The number of hydrogen-bond donors (Lipinski definition) is 0. The highest BCUT2D eigenvalue weighted by Crippen LogP contribution is 2.14. The van der Waals surface area contributed by atoms with E-state index in [2.05, 4.69) is 26.7 Å². The Balaban J connectivity index is 2.35. The van der Waals surface area contributed by atoms with E-state index < -0.39 is 0 Å². The van der Waals surface area contributed by atoms with E-state index in [1.54, 1.807) is 6.33 Å². The van der Waals surface area contributed by atoms with Gasteiger partial charge in [-0.25, -0.2) is 0 Å². The third-order valence-corrected chi connectivity index (χ3v) is 2.17. The molecule has 0 aromatic carbocycles. The van der Waals surface area contributed by atoms with Crippen LogP contribution in [0.25, 0.3) is 11.5 Å². The van der Waals surface area contributed by atoms with Gasteiger partial charge in [0, 0.05) is 11.9 Å². The van der Waals surface area contributed by atoms with Crippen molar-refractivity contribution >= 4 is 11.5 Å². The molecule has 0 saturated carbocycles. The van der Waals surface area contributed by atoms with Crippen LogP contribution in [0.1, 0.15) is 13.3 Å². The molecule has 0 aliphatic heterocycles. The van der Waals surface area contributed by atoms with Crippen LogP contribution in [0.2, 0.25) is 0 Å². The highest BCUT2D eigenvalue weighted by molar-refractivity contribution is 7.03. The maximum atomic E-state index is 3.99. The summed E-state index contributed by atoms with van der Waals surface area (Å²) in [7, 11) is 0. The van der Waals surface area contributed by atoms with Crippen molar-refractivity contribution in [1.29, 1.82) is 0 Å². The maximum Gasteiger partial charge on any atom is 0.185 e. The summed E-state index contributed by atoms with van der Waals surface area (Å²) in [4.78, 5) is 0. The second kappa shape index (κ2) is 3.61. The van der Waals surface area contributed by atoms with E-state index >= 15 is 0 Å². The Morgan fingerprint density at radius 2 is 2.38 bits per heavy atom. The van der Waals surface area contributed by atoms with Crippen molar-refractivity contribution in [3.63, 3.8) is 0 Å². The van der Waals surface area contributed by atoms with E-state index in [-0.39, 0.29) is 0 Å². The molecular weight excluding hydrogens is 186 g/mol. The first kappa shape index (κ1) is 8.31. The van der Waals surface area contributed by atoms with Crippen molar-refractivity contribution in [2.24, 2.45) is 0 Å². The summed E-state index contributed by atoms with van der Waals surface area (Å²) < 4.78 is 5.77. The van der Waals surface area contributed by atoms with E-state index in [1.165, 1.54) is 11.5 Å². The quantitative estimate of drug-likeness (QED) is 0.738. The van der Waals surface area contributed by atoms with Gasteiger partial charge in [0.05, 0.1) is 0 Å². The van der Waals surface area contributed by atoms with Crippen molar-refractivity contribution in [2.75, 3.05) is 0 Å². The first-order valence-electron chi connectivity index (χ1n) is 4.07. The van der Waals surface area contributed by atoms with Crippen molar-refractivity contribution in [3.05, 3.63) is 11.7 Å². The minimum absolute atomic E-state index is 0.801. The molecule has 5 nitrogen and oxygen atoms in total. The van der Waals surface area contributed by atoms with E-state index in [0.717, 1.165) is 24.5 Å². The molecule has 2 heterocycles. The van der Waals surface area contributed by atoms with Gasteiger partial charge in [0.1, 0.15) is 12.0 Å². The van der Waals surface area contributed by atoms with Gasteiger partial charge in [0.25, 0.3) is 0 Å². The van der Waals surface area contributed by atoms with Crippen molar-refractivity contribution < 1.29 is 0 Å². The Labute approximate surface area is 79.6 Å². The molecule has 6 heteroatoms. The lowest BCUT2D eigenvalue weighted by Gasteiger charge is -2.00. The van der Waals surface area contributed by atoms with E-state index in [1.807, 2.05) is 9.95 Å². The van der Waals surface area contributed by atoms with Gasteiger partial charge in [-0.3, -0.25) is 0 Å². The fourth-order valence-electron chi connectivity index (χ4n) is 1.12. The van der Waals surface area contributed by atoms with Crippen LogP contribution in [0.15, 0.2) is 11.7 Å². The smallest absolute Gasteiger partial charge is 0.185 e. The molecule has 0 radical (unpaired) electrons. The highest BCUT2D eigenvalue weighted by Gasteiger charge is 2.08. The first-order chi connectivity index (χ1) is 6.42. The summed E-state index contributed by atoms with van der Waals surface area (Å²) in [5, 5.41) is 13.7. The molecule has 0 saturated heterocycles. The number of rotatable bonds is 3. The SMILES string of the molecule is CCCn1cnnc1-c1csnn1. The molecule has 0 aliphatic rings. The van der Waals surface area contributed by atoms with Crippen molar-refractivity contribution in [3.8, 4) is 11.5 Å². The average molecular weight is 195 g/mol. The lowest BCUT2D eigenvalue weighted by molar-refractivity contribution is 0.681. The minimum atomic E-state index is 0.801. The van der Waals surface area contributed by atoms with Crippen LogP contribution < -0.4 is 0 Å². The molecule has 0 spiro atoms. The molecule has 13 heavy (non-hydrogen) atoms. The molecule has 0 aliphatic carbocycles. The van der Waals surface area contributed by atoms with Crippen LogP contribution in [0.4, 0.5) is 0 Å². The van der Waals surface area contributed by atoms with Gasteiger partial charge in [-0.15, -0.1) is 15.3 Å². The Hall–Kier alpha value is -1.30. The molecule has 0 N–H and O–H groups in total. The lowest BCUT2D eigenvalue weighted by atomic mass is 10.4. The van der Waals surface area contributed by atoms with Gasteiger partial charge < -0.3 is 4.57 Å². The van der Waals surface area contributed by atoms with Crippen molar-refractivity contribution in [1.82, 2.24) is 24.4 Å². The van der Waals surface area contributed by atoms with Crippen LogP contribution in [0.3, 0.4) is 0 Å². The van der Waals surface area contributed by atoms with Gasteiger partial charge in [-0.05, 0) is 18.0 Å². The molecule has 2 rings (SSSR count). The first-order valence-corrected chi connectivity index (χ1v) is 4.90. The summed E-state index contributed by atoms with van der Waals surface area (Å²) in [5.74, 6) is 0.801. The molecule has 68 valence electrons. The second-order valence-corrected chi connectivity index (χ2v) is 3.25. The zero-order valence-electron chi connectivity index (χ0n) is 7.21. The Morgan fingerprint density at radius 1 is 1.46 bits per heavy atom. The summed E-state index contributed by atoms with van der Waals surface area (Å²) in [5.41, 5.74) is 0.802. The standard InChI is InChI=1S/C7H9N5S/c1-2-3-12-5-8-10-7(12)6-4-13-11-9-6/h4-5H,2-3H2,1H3. The Bertz CT molecular complexity index is 366. The molecule has 0 atom stereocenters. The number of aromatic nitrogens is 5. The van der Waals surface area contributed by atoms with Crippen LogP contribution >= 0.6 is 11.5 Å². The summed E-state index contributed by atoms with van der Waals surface area (Å²) in [6.45, 7) is 3.03. The van der Waals surface area contributed by atoms with Gasteiger partial charge in [0.2, 0.25) is 0 Å². The molecule has 0 unspecified atom stereocenters. The second-order valence-electron chi connectivity index (χ2n) is 2.64. The Kier molecular flexibility index (Phi) is 2.31. The summed E-state index contributed by atoms with van der Waals surface area (Å²) >= 11 is 1.32. The van der Waals surface area contributed by atoms with Gasteiger partial charge in [0.15, 0.2) is 5.82 Å². The maximum absolute atomic E-state index is 3.99. The van der Waals surface area contributed by atoms with E-state index in [9.17, 15) is 0 Å². The normalized spacial score (nSPS) is 10.5. The summed E-state index contributed by atoms with van der Waals surface area (Å²) in [6.07, 6.45) is 2.78. The molecule has 2 aromatic rings. The van der Waals surface area contributed by atoms with E-state index in [0.29, 0.717) is 0 Å². The molecule has 0 amide bonds. The number of nitrogens with zero attached hydrogens (tertiary/aromatic N) is 5. The third kappa shape index (κ3) is 1.57.